The van der Waals surface area contributed by atoms with Crippen molar-refractivity contribution in [2.75, 3.05) is 12.3 Å². The van der Waals surface area contributed by atoms with E-state index in [0.29, 0.717) is 6.42 Å². The summed E-state index contributed by atoms with van der Waals surface area (Å²) in [4.78, 5) is 27.4. The number of halogens is 1. The van der Waals surface area contributed by atoms with Crippen LogP contribution in [0.3, 0.4) is 0 Å². The number of ether oxygens (including phenoxy) is 2. The summed E-state index contributed by atoms with van der Waals surface area (Å²) < 4.78 is 26.3. The predicted molar refractivity (Wildman–Crippen MR) is 92.1 cm³/mol. The van der Waals surface area contributed by atoms with Crippen LogP contribution in [0.25, 0.3) is 0 Å². The maximum atomic E-state index is 14.8. The average Bonchev–Trinajstić information content (AvgIpc) is 2.91. The molecule has 0 radical (unpaired) electrons. The molecule has 8 nitrogen and oxygen atoms in total. The number of carbonyl (C=O) groups excluding carboxylic acids is 1. The minimum atomic E-state index is -1.81. The van der Waals surface area contributed by atoms with Gasteiger partial charge in [-0.3, -0.25) is 9.36 Å². The van der Waals surface area contributed by atoms with E-state index in [9.17, 15) is 19.1 Å². The molecule has 1 aromatic heterocycles. The number of nitrogen functional groups attached to an aromatic ring is 1. The SMILES string of the molecule is CCCCCCCC(=O)O[C@H]1[C@@H](F)[C@H](n2ccc(N)nc2=O)O[C@@H]1CO. The molecule has 0 aromatic carbocycles. The van der Waals surface area contributed by atoms with Crippen LogP contribution in [0, 0.1) is 0 Å². The van der Waals surface area contributed by atoms with Crippen LogP contribution < -0.4 is 11.4 Å². The summed E-state index contributed by atoms with van der Waals surface area (Å²) in [6.45, 7) is 1.56. The monoisotopic (exact) mass is 371 g/mol. The molecule has 1 aliphatic heterocycles. The molecule has 26 heavy (non-hydrogen) atoms. The zero-order chi connectivity index (χ0) is 19.1. The molecular formula is C17H26FN3O5. The Hall–Kier alpha value is -2.00. The van der Waals surface area contributed by atoms with E-state index in [2.05, 4.69) is 11.9 Å². The number of hydrogen-bond acceptors (Lipinski definition) is 7. The lowest BCUT2D eigenvalue weighted by Crippen LogP contribution is -2.37. The summed E-state index contributed by atoms with van der Waals surface area (Å²) in [6, 6.07) is 1.33. The normalized spacial score (nSPS) is 25.3. The van der Waals surface area contributed by atoms with Gasteiger partial charge in [-0.15, -0.1) is 0 Å². The van der Waals surface area contributed by atoms with Gasteiger partial charge in [0.05, 0.1) is 6.61 Å². The Morgan fingerprint density at radius 2 is 2.15 bits per heavy atom. The van der Waals surface area contributed by atoms with E-state index in [1.165, 1.54) is 12.3 Å². The fourth-order valence-electron chi connectivity index (χ4n) is 2.91. The van der Waals surface area contributed by atoms with Gasteiger partial charge < -0.3 is 20.3 Å². The van der Waals surface area contributed by atoms with Gasteiger partial charge in [0.2, 0.25) is 0 Å². The third kappa shape index (κ3) is 5.01. The Labute approximate surface area is 151 Å². The molecule has 1 aliphatic rings. The number of alkyl halides is 1. The summed E-state index contributed by atoms with van der Waals surface area (Å²) in [5.74, 6) is -0.538. The van der Waals surface area contributed by atoms with Crippen molar-refractivity contribution in [1.82, 2.24) is 9.55 Å². The van der Waals surface area contributed by atoms with E-state index < -0.39 is 42.9 Å². The number of aliphatic hydroxyl groups is 1. The molecule has 1 fully saturated rings. The second-order valence-electron chi connectivity index (χ2n) is 6.35. The highest BCUT2D eigenvalue weighted by atomic mass is 19.1. The van der Waals surface area contributed by atoms with Crippen LogP contribution in [-0.2, 0) is 14.3 Å². The van der Waals surface area contributed by atoms with Crippen molar-refractivity contribution >= 4 is 11.8 Å². The van der Waals surface area contributed by atoms with Gasteiger partial charge in [0, 0.05) is 12.6 Å². The standard InChI is InChI=1S/C17H26FN3O5/c1-2-3-4-5-6-7-13(23)26-15-11(10-22)25-16(14(15)18)21-9-8-12(19)20-17(21)24/h8-9,11,14-16,22H,2-7,10H2,1H3,(H2,19,20,24)/t11-,14-,15-,16-/m1/s1. The lowest BCUT2D eigenvalue weighted by atomic mass is 10.1. The van der Waals surface area contributed by atoms with Crippen molar-refractivity contribution in [3.63, 3.8) is 0 Å². The van der Waals surface area contributed by atoms with Gasteiger partial charge in [0.15, 0.2) is 18.5 Å². The molecule has 1 saturated heterocycles. The van der Waals surface area contributed by atoms with Gasteiger partial charge in [-0.25, -0.2) is 9.18 Å². The summed E-state index contributed by atoms with van der Waals surface area (Å²) in [7, 11) is 0. The minimum Gasteiger partial charge on any atom is -0.456 e. The van der Waals surface area contributed by atoms with E-state index in [0.717, 1.165) is 30.3 Å². The first-order valence-electron chi connectivity index (χ1n) is 8.92. The molecule has 4 atom stereocenters. The molecule has 2 rings (SSSR count). The van der Waals surface area contributed by atoms with Gasteiger partial charge >= 0.3 is 11.7 Å². The number of esters is 1. The van der Waals surface area contributed by atoms with E-state index in [-0.39, 0.29) is 12.2 Å². The molecule has 0 unspecified atom stereocenters. The first-order chi connectivity index (χ1) is 12.5. The zero-order valence-electron chi connectivity index (χ0n) is 14.8. The first kappa shape index (κ1) is 20.3. The molecular weight excluding hydrogens is 345 g/mol. The number of unbranched alkanes of at least 4 members (excludes halogenated alkanes) is 4. The van der Waals surface area contributed by atoms with E-state index in [1.807, 2.05) is 0 Å². The number of anilines is 1. The Kier molecular flexibility index (Phi) is 7.52. The Balaban J connectivity index is 1.97. The lowest BCUT2D eigenvalue weighted by molar-refractivity contribution is -0.155. The second kappa shape index (κ2) is 9.63. The number of rotatable bonds is 9. The van der Waals surface area contributed by atoms with Crippen molar-refractivity contribution in [2.24, 2.45) is 0 Å². The molecule has 9 heteroatoms. The maximum Gasteiger partial charge on any atom is 0.351 e. The zero-order valence-corrected chi connectivity index (χ0v) is 14.8. The number of nitrogens with two attached hydrogens (primary N) is 1. The van der Waals surface area contributed by atoms with Crippen molar-refractivity contribution in [3.8, 4) is 0 Å². The lowest BCUT2D eigenvalue weighted by Gasteiger charge is -2.18. The maximum absolute atomic E-state index is 14.8. The predicted octanol–water partition coefficient (Wildman–Crippen LogP) is 1.33. The highest BCUT2D eigenvalue weighted by molar-refractivity contribution is 5.69. The van der Waals surface area contributed by atoms with E-state index in [1.54, 1.807) is 0 Å². The fraction of sp³-hybridized carbons (Fsp3) is 0.706. The summed E-state index contributed by atoms with van der Waals surface area (Å²) >= 11 is 0. The van der Waals surface area contributed by atoms with Gasteiger partial charge in [0.25, 0.3) is 0 Å². The number of hydrogen-bond donors (Lipinski definition) is 2. The van der Waals surface area contributed by atoms with E-state index in [4.69, 9.17) is 15.2 Å². The molecule has 1 aromatic rings. The highest BCUT2D eigenvalue weighted by Gasteiger charge is 2.48. The van der Waals surface area contributed by atoms with Gasteiger partial charge in [-0.1, -0.05) is 32.6 Å². The van der Waals surface area contributed by atoms with Crippen LogP contribution in [0.15, 0.2) is 17.1 Å². The van der Waals surface area contributed by atoms with Gasteiger partial charge in [-0.05, 0) is 12.5 Å². The summed E-state index contributed by atoms with van der Waals surface area (Å²) in [5.41, 5.74) is 4.64. The number of aromatic nitrogens is 2. The second-order valence-corrected chi connectivity index (χ2v) is 6.35. The summed E-state index contributed by atoms with van der Waals surface area (Å²) in [5, 5.41) is 9.41. The Morgan fingerprint density at radius 1 is 1.42 bits per heavy atom. The number of aliphatic hydroxyl groups excluding tert-OH is 1. The number of carbonyl (C=O) groups is 1. The molecule has 0 spiro atoms. The van der Waals surface area contributed by atoms with Gasteiger partial charge in [0.1, 0.15) is 11.9 Å². The van der Waals surface area contributed by atoms with Crippen LogP contribution >= 0.6 is 0 Å². The first-order valence-corrected chi connectivity index (χ1v) is 8.92. The number of nitrogens with zero attached hydrogens (tertiary/aromatic N) is 2. The van der Waals surface area contributed by atoms with Gasteiger partial charge in [-0.2, -0.15) is 4.98 Å². The Bertz CT molecular complexity index is 654. The van der Waals surface area contributed by atoms with Crippen LogP contribution in [0.5, 0.6) is 0 Å². The topological polar surface area (TPSA) is 117 Å². The molecule has 3 N–H and O–H groups in total. The largest absolute Gasteiger partial charge is 0.456 e. The van der Waals surface area contributed by atoms with E-state index >= 15 is 0 Å². The van der Waals surface area contributed by atoms with Crippen molar-refractivity contribution in [2.45, 2.75) is 70.1 Å². The van der Waals surface area contributed by atoms with Crippen molar-refractivity contribution in [3.05, 3.63) is 22.7 Å². The molecule has 0 aliphatic carbocycles. The Morgan fingerprint density at radius 3 is 2.81 bits per heavy atom. The molecule has 2 heterocycles. The highest BCUT2D eigenvalue weighted by Crippen LogP contribution is 2.33. The average molecular weight is 371 g/mol. The molecule has 146 valence electrons. The fourth-order valence-corrected chi connectivity index (χ4v) is 2.91. The molecule has 0 bridgehead atoms. The van der Waals surface area contributed by atoms with Crippen molar-refractivity contribution in [1.29, 1.82) is 0 Å². The van der Waals surface area contributed by atoms with Crippen LogP contribution in [0.1, 0.15) is 51.7 Å². The van der Waals surface area contributed by atoms with Crippen LogP contribution in [-0.4, -0.2) is 45.6 Å². The minimum absolute atomic E-state index is 0.00409. The van der Waals surface area contributed by atoms with Crippen molar-refractivity contribution < 1.29 is 23.8 Å². The third-order valence-corrected chi connectivity index (χ3v) is 4.32. The smallest absolute Gasteiger partial charge is 0.351 e. The molecule has 0 saturated carbocycles. The third-order valence-electron chi connectivity index (χ3n) is 4.32. The van der Waals surface area contributed by atoms with Crippen LogP contribution in [0.2, 0.25) is 0 Å². The summed E-state index contributed by atoms with van der Waals surface area (Å²) in [6.07, 6.45) is 0.780. The molecule has 0 amide bonds. The van der Waals surface area contributed by atoms with Crippen LogP contribution in [0.4, 0.5) is 10.2 Å². The quantitative estimate of drug-likeness (QED) is 0.497.